The average Bonchev–Trinajstić information content (AvgIpc) is 3.14. The van der Waals surface area contributed by atoms with E-state index in [1.54, 1.807) is 4.90 Å². The molecule has 0 atom stereocenters. The molecule has 2 aliphatic rings. The van der Waals surface area contributed by atoms with Gasteiger partial charge in [0.2, 0.25) is 5.91 Å². The summed E-state index contributed by atoms with van der Waals surface area (Å²) in [5, 5.41) is 2.89. The molecule has 0 spiro atoms. The van der Waals surface area contributed by atoms with Gasteiger partial charge in [0.15, 0.2) is 0 Å². The van der Waals surface area contributed by atoms with Crippen molar-refractivity contribution in [3.05, 3.63) is 30.3 Å². The fourth-order valence-electron chi connectivity index (χ4n) is 3.30. The zero-order chi connectivity index (χ0) is 16.8. The Morgan fingerprint density at radius 1 is 0.875 bits per heavy atom. The Kier molecular flexibility index (Phi) is 5.69. The molecule has 2 aliphatic heterocycles. The van der Waals surface area contributed by atoms with Gasteiger partial charge in [-0.25, -0.2) is 4.79 Å². The van der Waals surface area contributed by atoms with E-state index in [0.717, 1.165) is 25.3 Å². The zero-order valence-corrected chi connectivity index (χ0v) is 14.1. The Labute approximate surface area is 143 Å². The third-order valence-corrected chi connectivity index (χ3v) is 4.79. The summed E-state index contributed by atoms with van der Waals surface area (Å²) in [4.78, 5) is 30.6. The summed E-state index contributed by atoms with van der Waals surface area (Å²) in [5.41, 5.74) is 0.798. The highest BCUT2D eigenvalue weighted by Gasteiger charge is 2.24. The lowest BCUT2D eigenvalue weighted by molar-refractivity contribution is -0.132. The molecule has 3 amide bonds. The van der Waals surface area contributed by atoms with Crippen molar-refractivity contribution in [1.82, 2.24) is 14.7 Å². The molecule has 0 radical (unpaired) electrons. The molecular formula is C18H26N4O2. The van der Waals surface area contributed by atoms with Crippen LogP contribution in [0.4, 0.5) is 10.5 Å². The molecule has 6 heteroatoms. The van der Waals surface area contributed by atoms with E-state index in [2.05, 4.69) is 10.2 Å². The lowest BCUT2D eigenvalue weighted by Gasteiger charge is -2.35. The number of hydrogen-bond acceptors (Lipinski definition) is 3. The van der Waals surface area contributed by atoms with Crippen molar-refractivity contribution in [2.45, 2.75) is 19.3 Å². The lowest BCUT2D eigenvalue weighted by atomic mass is 10.2. The van der Waals surface area contributed by atoms with Gasteiger partial charge in [0.05, 0.1) is 0 Å². The smallest absolute Gasteiger partial charge is 0.321 e. The molecule has 1 N–H and O–H groups in total. The number of carbonyl (C=O) groups is 2. The van der Waals surface area contributed by atoms with E-state index in [-0.39, 0.29) is 11.9 Å². The van der Waals surface area contributed by atoms with Crippen molar-refractivity contribution >= 4 is 17.6 Å². The van der Waals surface area contributed by atoms with Crippen LogP contribution >= 0.6 is 0 Å². The van der Waals surface area contributed by atoms with E-state index >= 15 is 0 Å². The van der Waals surface area contributed by atoms with E-state index in [9.17, 15) is 9.59 Å². The number of nitrogens with one attached hydrogen (secondary N) is 1. The second-order valence-electron chi connectivity index (χ2n) is 6.46. The zero-order valence-electron chi connectivity index (χ0n) is 14.1. The standard InChI is InChI=1S/C18H26N4O2/c23-17(8-11-20-9-4-5-10-20)21-12-14-22(15-13-21)18(24)19-16-6-2-1-3-7-16/h1-3,6-7H,4-5,8-15H2,(H,19,24). The molecule has 1 aromatic rings. The topological polar surface area (TPSA) is 55.9 Å². The molecule has 0 saturated carbocycles. The number of nitrogens with zero attached hydrogens (tertiary/aromatic N) is 3. The lowest BCUT2D eigenvalue weighted by Crippen LogP contribution is -2.52. The SMILES string of the molecule is O=C(CCN1CCCC1)N1CCN(C(=O)Nc2ccccc2)CC1. The van der Waals surface area contributed by atoms with Crippen LogP contribution in [0, 0.1) is 0 Å². The highest BCUT2D eigenvalue weighted by molar-refractivity contribution is 5.89. The number of para-hydroxylation sites is 1. The normalized spacial score (nSPS) is 18.7. The molecule has 0 unspecified atom stereocenters. The summed E-state index contributed by atoms with van der Waals surface area (Å²) < 4.78 is 0. The number of amides is 3. The molecule has 2 fully saturated rings. The van der Waals surface area contributed by atoms with Gasteiger partial charge in [-0.3, -0.25) is 4.79 Å². The van der Waals surface area contributed by atoms with Crippen LogP contribution in [0.3, 0.4) is 0 Å². The third-order valence-electron chi connectivity index (χ3n) is 4.79. The predicted octanol–water partition coefficient (Wildman–Crippen LogP) is 1.85. The van der Waals surface area contributed by atoms with Gasteiger partial charge in [-0.05, 0) is 38.1 Å². The second kappa shape index (κ2) is 8.15. The van der Waals surface area contributed by atoms with Crippen LogP contribution in [-0.4, -0.2) is 72.5 Å². The molecule has 0 aromatic heterocycles. The van der Waals surface area contributed by atoms with Gasteiger partial charge in [-0.1, -0.05) is 18.2 Å². The summed E-state index contributed by atoms with van der Waals surface area (Å²) in [7, 11) is 0. The fourth-order valence-corrected chi connectivity index (χ4v) is 3.30. The van der Waals surface area contributed by atoms with Crippen molar-refractivity contribution in [3.63, 3.8) is 0 Å². The van der Waals surface area contributed by atoms with Gasteiger partial charge >= 0.3 is 6.03 Å². The minimum Gasteiger partial charge on any atom is -0.339 e. The van der Waals surface area contributed by atoms with Crippen molar-refractivity contribution < 1.29 is 9.59 Å². The Hall–Kier alpha value is -2.08. The highest BCUT2D eigenvalue weighted by Crippen LogP contribution is 2.11. The largest absolute Gasteiger partial charge is 0.339 e. The highest BCUT2D eigenvalue weighted by atomic mass is 16.2. The molecule has 2 saturated heterocycles. The van der Waals surface area contributed by atoms with Crippen LogP contribution in [0.2, 0.25) is 0 Å². The van der Waals surface area contributed by atoms with E-state index in [4.69, 9.17) is 0 Å². The quantitative estimate of drug-likeness (QED) is 0.917. The first-order valence-electron chi connectivity index (χ1n) is 8.83. The van der Waals surface area contributed by atoms with Crippen LogP contribution in [0.15, 0.2) is 30.3 Å². The minimum atomic E-state index is -0.0923. The first kappa shape index (κ1) is 16.8. The van der Waals surface area contributed by atoms with Crippen LogP contribution in [0.1, 0.15) is 19.3 Å². The summed E-state index contributed by atoms with van der Waals surface area (Å²) in [5.74, 6) is 0.213. The number of benzene rings is 1. The predicted molar refractivity (Wildman–Crippen MR) is 93.9 cm³/mol. The first-order valence-corrected chi connectivity index (χ1v) is 8.83. The van der Waals surface area contributed by atoms with E-state index < -0.39 is 0 Å². The molecule has 1 aromatic carbocycles. The van der Waals surface area contributed by atoms with Gasteiger partial charge in [-0.15, -0.1) is 0 Å². The van der Waals surface area contributed by atoms with E-state index in [1.165, 1.54) is 12.8 Å². The summed E-state index contributed by atoms with van der Waals surface area (Å²) in [6.07, 6.45) is 3.10. The van der Waals surface area contributed by atoms with Crippen LogP contribution in [0.25, 0.3) is 0 Å². The van der Waals surface area contributed by atoms with Gasteiger partial charge in [0.25, 0.3) is 0 Å². The number of urea groups is 1. The summed E-state index contributed by atoms with van der Waals surface area (Å²) >= 11 is 0. The number of rotatable bonds is 4. The van der Waals surface area contributed by atoms with Gasteiger partial charge in [0, 0.05) is 44.8 Å². The Morgan fingerprint density at radius 2 is 1.50 bits per heavy atom. The first-order chi connectivity index (χ1) is 11.7. The van der Waals surface area contributed by atoms with Crippen LogP contribution < -0.4 is 5.32 Å². The summed E-state index contributed by atoms with van der Waals surface area (Å²) in [6.45, 7) is 5.55. The van der Waals surface area contributed by atoms with Crippen molar-refractivity contribution in [2.75, 3.05) is 51.1 Å². The Balaban J connectivity index is 1.40. The third kappa shape index (κ3) is 4.47. The van der Waals surface area contributed by atoms with Gasteiger partial charge < -0.3 is 20.0 Å². The number of piperazine rings is 1. The average molecular weight is 330 g/mol. The number of carbonyl (C=O) groups excluding carboxylic acids is 2. The molecule has 3 rings (SSSR count). The van der Waals surface area contributed by atoms with E-state index in [1.807, 2.05) is 35.2 Å². The molecule has 130 valence electrons. The number of likely N-dealkylation sites (tertiary alicyclic amines) is 1. The van der Waals surface area contributed by atoms with Crippen LogP contribution in [0.5, 0.6) is 0 Å². The maximum Gasteiger partial charge on any atom is 0.321 e. The fraction of sp³-hybridized carbons (Fsp3) is 0.556. The second-order valence-corrected chi connectivity index (χ2v) is 6.46. The summed E-state index contributed by atoms with van der Waals surface area (Å²) in [6, 6.07) is 9.36. The monoisotopic (exact) mass is 330 g/mol. The Bertz CT molecular complexity index is 549. The van der Waals surface area contributed by atoms with Gasteiger partial charge in [0.1, 0.15) is 0 Å². The molecule has 6 nitrogen and oxygen atoms in total. The molecule has 24 heavy (non-hydrogen) atoms. The molecule has 0 aliphatic carbocycles. The molecular weight excluding hydrogens is 304 g/mol. The Morgan fingerprint density at radius 3 is 2.17 bits per heavy atom. The van der Waals surface area contributed by atoms with Crippen molar-refractivity contribution in [1.29, 1.82) is 0 Å². The van der Waals surface area contributed by atoms with E-state index in [0.29, 0.717) is 32.6 Å². The van der Waals surface area contributed by atoms with Crippen molar-refractivity contribution in [2.24, 2.45) is 0 Å². The number of anilines is 1. The minimum absolute atomic E-state index is 0.0923. The van der Waals surface area contributed by atoms with Crippen LogP contribution in [-0.2, 0) is 4.79 Å². The number of hydrogen-bond donors (Lipinski definition) is 1. The van der Waals surface area contributed by atoms with Gasteiger partial charge in [-0.2, -0.15) is 0 Å². The van der Waals surface area contributed by atoms with Crippen molar-refractivity contribution in [3.8, 4) is 0 Å². The maximum atomic E-state index is 12.3. The maximum absolute atomic E-state index is 12.3. The molecule has 2 heterocycles. The molecule has 0 bridgehead atoms.